The molecule has 0 heterocycles. The van der Waals surface area contributed by atoms with Crippen LogP contribution in [0.25, 0.3) is 0 Å². The van der Waals surface area contributed by atoms with Crippen LogP contribution in [0.5, 0.6) is 0 Å². The van der Waals surface area contributed by atoms with Crippen molar-refractivity contribution in [3.8, 4) is 0 Å². The first-order valence-corrected chi connectivity index (χ1v) is 6.97. The van der Waals surface area contributed by atoms with Gasteiger partial charge in [-0.25, -0.2) is 0 Å². The molecule has 3 nitrogen and oxygen atoms in total. The minimum Gasteiger partial charge on any atom is -0.302 e. The number of Topliss-reactive ketones (excluding diaryl/α,β-unsaturated/α-hetero) is 1. The molecule has 0 aliphatic heterocycles. The molecule has 0 saturated carbocycles. The smallest absolute Gasteiger partial charge is 0.168 e. The van der Waals surface area contributed by atoms with E-state index in [2.05, 4.69) is 23.7 Å². The van der Waals surface area contributed by atoms with Crippen LogP contribution in [0.1, 0.15) is 37.6 Å². The van der Waals surface area contributed by atoms with E-state index in [0.29, 0.717) is 6.42 Å². The standard InChI is InChI=1S/C16H24N2O/c1-4-18(5-2)12-11-17-14(3)13-16(19)15-9-7-6-8-10-15/h6-10H,4-5,11-13H2,1-3H3. The molecule has 19 heavy (non-hydrogen) atoms. The highest BCUT2D eigenvalue weighted by Crippen LogP contribution is 2.04. The fraction of sp³-hybridized carbons (Fsp3) is 0.500. The van der Waals surface area contributed by atoms with Gasteiger partial charge in [0.2, 0.25) is 0 Å². The van der Waals surface area contributed by atoms with Gasteiger partial charge >= 0.3 is 0 Å². The third-order valence-corrected chi connectivity index (χ3v) is 3.20. The molecular formula is C16H24N2O. The van der Waals surface area contributed by atoms with Crippen LogP contribution in [0.3, 0.4) is 0 Å². The zero-order valence-corrected chi connectivity index (χ0v) is 12.2. The summed E-state index contributed by atoms with van der Waals surface area (Å²) in [5.74, 6) is 0.143. The fourth-order valence-corrected chi connectivity index (χ4v) is 1.94. The van der Waals surface area contributed by atoms with Gasteiger partial charge in [-0.1, -0.05) is 44.2 Å². The maximum atomic E-state index is 12.0. The Balaban J connectivity index is 2.42. The maximum absolute atomic E-state index is 12.0. The van der Waals surface area contributed by atoms with E-state index in [1.54, 1.807) is 0 Å². The molecule has 0 fully saturated rings. The topological polar surface area (TPSA) is 32.7 Å². The van der Waals surface area contributed by atoms with E-state index in [0.717, 1.165) is 37.5 Å². The van der Waals surface area contributed by atoms with Crippen LogP contribution < -0.4 is 0 Å². The first kappa shape index (κ1) is 15.6. The molecule has 0 aromatic heterocycles. The number of ketones is 1. The van der Waals surface area contributed by atoms with Gasteiger partial charge in [0.1, 0.15) is 0 Å². The van der Waals surface area contributed by atoms with E-state index in [4.69, 9.17) is 0 Å². The lowest BCUT2D eigenvalue weighted by molar-refractivity contribution is 0.100. The third kappa shape index (κ3) is 5.79. The van der Waals surface area contributed by atoms with E-state index < -0.39 is 0 Å². The molecule has 0 amide bonds. The van der Waals surface area contributed by atoms with Crippen LogP contribution in [-0.2, 0) is 0 Å². The molecule has 3 heteroatoms. The lowest BCUT2D eigenvalue weighted by atomic mass is 10.1. The van der Waals surface area contributed by atoms with E-state index >= 15 is 0 Å². The monoisotopic (exact) mass is 260 g/mol. The van der Waals surface area contributed by atoms with Crippen LogP contribution >= 0.6 is 0 Å². The second kappa shape index (κ2) is 8.59. The minimum absolute atomic E-state index is 0.143. The zero-order valence-electron chi connectivity index (χ0n) is 12.2. The van der Waals surface area contributed by atoms with Gasteiger partial charge < -0.3 is 4.90 Å². The van der Waals surface area contributed by atoms with Crippen molar-refractivity contribution in [3.63, 3.8) is 0 Å². The lowest BCUT2D eigenvalue weighted by Crippen LogP contribution is -2.26. The molecule has 0 atom stereocenters. The molecular weight excluding hydrogens is 236 g/mol. The summed E-state index contributed by atoms with van der Waals surface area (Å²) < 4.78 is 0. The Morgan fingerprint density at radius 3 is 2.37 bits per heavy atom. The van der Waals surface area contributed by atoms with Crippen molar-refractivity contribution in [1.29, 1.82) is 0 Å². The Labute approximate surface area is 116 Å². The molecule has 0 bridgehead atoms. The zero-order chi connectivity index (χ0) is 14.1. The van der Waals surface area contributed by atoms with Crippen LogP contribution in [0.15, 0.2) is 35.3 Å². The van der Waals surface area contributed by atoms with Gasteiger partial charge in [0, 0.05) is 24.2 Å². The van der Waals surface area contributed by atoms with Crippen LogP contribution in [0.4, 0.5) is 0 Å². The Morgan fingerprint density at radius 2 is 1.79 bits per heavy atom. The van der Waals surface area contributed by atoms with E-state index in [9.17, 15) is 4.79 Å². The van der Waals surface area contributed by atoms with Crippen molar-refractivity contribution in [2.45, 2.75) is 27.2 Å². The molecule has 1 rings (SSSR count). The number of carbonyl (C=O) groups is 1. The first-order chi connectivity index (χ1) is 9.17. The second-order valence-electron chi connectivity index (χ2n) is 4.61. The molecule has 0 aliphatic carbocycles. The van der Waals surface area contributed by atoms with E-state index in [1.165, 1.54) is 0 Å². The largest absolute Gasteiger partial charge is 0.302 e. The van der Waals surface area contributed by atoms with Gasteiger partial charge in [-0.3, -0.25) is 9.79 Å². The van der Waals surface area contributed by atoms with Crippen molar-refractivity contribution in [2.24, 2.45) is 4.99 Å². The molecule has 0 radical (unpaired) electrons. The van der Waals surface area contributed by atoms with Gasteiger partial charge in [0.15, 0.2) is 5.78 Å². The number of likely N-dealkylation sites (N-methyl/N-ethyl adjacent to an activating group) is 1. The lowest BCUT2D eigenvalue weighted by Gasteiger charge is -2.16. The number of carbonyl (C=O) groups excluding carboxylic acids is 1. The molecule has 0 N–H and O–H groups in total. The number of nitrogens with zero attached hydrogens (tertiary/aromatic N) is 2. The van der Waals surface area contributed by atoms with Crippen molar-refractivity contribution in [1.82, 2.24) is 4.90 Å². The molecule has 1 aromatic carbocycles. The Morgan fingerprint density at radius 1 is 1.16 bits per heavy atom. The van der Waals surface area contributed by atoms with Gasteiger partial charge in [0.25, 0.3) is 0 Å². The molecule has 104 valence electrons. The van der Waals surface area contributed by atoms with Crippen molar-refractivity contribution < 1.29 is 4.79 Å². The summed E-state index contributed by atoms with van der Waals surface area (Å²) in [6.07, 6.45) is 0.419. The van der Waals surface area contributed by atoms with Gasteiger partial charge in [-0.15, -0.1) is 0 Å². The minimum atomic E-state index is 0.143. The van der Waals surface area contributed by atoms with Gasteiger partial charge in [-0.2, -0.15) is 0 Å². The first-order valence-electron chi connectivity index (χ1n) is 6.97. The number of hydrogen-bond donors (Lipinski definition) is 0. The predicted octanol–water partition coefficient (Wildman–Crippen LogP) is 3.06. The Bertz CT molecular complexity index is 408. The summed E-state index contributed by atoms with van der Waals surface area (Å²) in [5.41, 5.74) is 1.68. The number of hydrogen-bond acceptors (Lipinski definition) is 3. The summed E-state index contributed by atoms with van der Waals surface area (Å²) in [5, 5.41) is 0. The Kier molecular flexibility index (Phi) is 7.04. The average molecular weight is 260 g/mol. The van der Waals surface area contributed by atoms with Crippen molar-refractivity contribution in [2.75, 3.05) is 26.2 Å². The van der Waals surface area contributed by atoms with E-state index in [-0.39, 0.29) is 5.78 Å². The summed E-state index contributed by atoms with van der Waals surface area (Å²) >= 11 is 0. The summed E-state index contributed by atoms with van der Waals surface area (Å²) in [6.45, 7) is 10.1. The quantitative estimate of drug-likeness (QED) is 0.531. The average Bonchev–Trinajstić information content (AvgIpc) is 2.44. The summed E-state index contributed by atoms with van der Waals surface area (Å²) in [6, 6.07) is 9.40. The summed E-state index contributed by atoms with van der Waals surface area (Å²) in [4.78, 5) is 18.8. The second-order valence-corrected chi connectivity index (χ2v) is 4.61. The predicted molar refractivity (Wildman–Crippen MR) is 81.2 cm³/mol. The molecule has 1 aromatic rings. The maximum Gasteiger partial charge on any atom is 0.168 e. The Hall–Kier alpha value is -1.48. The SMILES string of the molecule is CCN(CC)CCN=C(C)CC(=O)c1ccccc1. The van der Waals surface area contributed by atoms with Crippen molar-refractivity contribution >= 4 is 11.5 Å². The highest BCUT2D eigenvalue weighted by atomic mass is 16.1. The van der Waals surface area contributed by atoms with Crippen LogP contribution in [0, 0.1) is 0 Å². The number of aliphatic imine (C=N–C) groups is 1. The number of rotatable bonds is 8. The highest BCUT2D eigenvalue weighted by molar-refractivity contribution is 6.08. The van der Waals surface area contributed by atoms with E-state index in [1.807, 2.05) is 37.3 Å². The molecule has 0 unspecified atom stereocenters. The molecule has 0 saturated heterocycles. The fourth-order valence-electron chi connectivity index (χ4n) is 1.94. The normalized spacial score (nSPS) is 11.9. The third-order valence-electron chi connectivity index (χ3n) is 3.20. The van der Waals surface area contributed by atoms with Gasteiger partial charge in [0.05, 0.1) is 6.54 Å². The molecule has 0 spiro atoms. The van der Waals surface area contributed by atoms with Crippen LogP contribution in [-0.4, -0.2) is 42.6 Å². The van der Waals surface area contributed by atoms with Crippen LogP contribution in [0.2, 0.25) is 0 Å². The molecule has 0 aliphatic rings. The highest BCUT2D eigenvalue weighted by Gasteiger charge is 2.06. The van der Waals surface area contributed by atoms with Gasteiger partial charge in [-0.05, 0) is 20.0 Å². The van der Waals surface area contributed by atoms with Crippen molar-refractivity contribution in [3.05, 3.63) is 35.9 Å². The summed E-state index contributed by atoms with van der Waals surface area (Å²) in [7, 11) is 0. The number of benzene rings is 1.